The summed E-state index contributed by atoms with van der Waals surface area (Å²) >= 11 is 0. The van der Waals surface area contributed by atoms with Crippen LogP contribution in [0.3, 0.4) is 0 Å². The van der Waals surface area contributed by atoms with Crippen molar-refractivity contribution >= 4 is 10.1 Å². The van der Waals surface area contributed by atoms with Crippen molar-refractivity contribution in [2.24, 2.45) is 0 Å². The van der Waals surface area contributed by atoms with Crippen LogP contribution in [0.1, 0.15) is 5.56 Å². The fraction of sp³-hybridized carbons (Fsp3) is 0.231. The zero-order valence-corrected chi connectivity index (χ0v) is 11.9. The third-order valence-corrected chi connectivity index (χ3v) is 4.58. The van der Waals surface area contributed by atoms with E-state index in [1.54, 1.807) is 0 Å². The molecule has 0 heterocycles. The van der Waals surface area contributed by atoms with Crippen LogP contribution in [0.25, 0.3) is 0 Å². The molecule has 10 heteroatoms. The maximum atomic E-state index is 14.8. The summed E-state index contributed by atoms with van der Waals surface area (Å²) in [5.74, 6) is -11.5. The molecule has 2 atom stereocenters. The van der Waals surface area contributed by atoms with Crippen LogP contribution in [0.15, 0.2) is 53.6 Å². The highest BCUT2D eigenvalue weighted by Crippen LogP contribution is 2.54. The fourth-order valence-electron chi connectivity index (χ4n) is 2.21. The first kappa shape index (κ1) is 17.5. The SMILES string of the molecule is O=S(=O)(O)C1(F)C(F)=C(F)C(F)=C(F)C1(F)Cc1ccccc1. The van der Waals surface area contributed by atoms with Gasteiger partial charge in [0.2, 0.25) is 5.67 Å². The third kappa shape index (κ3) is 2.36. The second-order valence-electron chi connectivity index (χ2n) is 4.79. The van der Waals surface area contributed by atoms with Crippen LogP contribution in [0.5, 0.6) is 0 Å². The van der Waals surface area contributed by atoms with Gasteiger partial charge in [0.15, 0.2) is 23.3 Å². The van der Waals surface area contributed by atoms with Gasteiger partial charge in [-0.15, -0.1) is 0 Å². The highest BCUT2D eigenvalue weighted by atomic mass is 32.2. The van der Waals surface area contributed by atoms with Gasteiger partial charge in [0.05, 0.1) is 0 Å². The molecule has 0 fully saturated rings. The average molecular weight is 358 g/mol. The lowest BCUT2D eigenvalue weighted by Gasteiger charge is -2.37. The highest BCUT2D eigenvalue weighted by molar-refractivity contribution is 7.87. The van der Waals surface area contributed by atoms with E-state index >= 15 is 0 Å². The second-order valence-corrected chi connectivity index (χ2v) is 6.30. The zero-order chi connectivity index (χ0) is 17.6. The summed E-state index contributed by atoms with van der Waals surface area (Å²) in [4.78, 5) is 0. The van der Waals surface area contributed by atoms with E-state index in [4.69, 9.17) is 4.55 Å². The lowest BCUT2D eigenvalue weighted by molar-refractivity contribution is 0.0222. The van der Waals surface area contributed by atoms with Gasteiger partial charge in [-0.2, -0.15) is 8.42 Å². The minimum atomic E-state index is -6.35. The normalized spacial score (nSPS) is 29.2. The van der Waals surface area contributed by atoms with Crippen LogP contribution in [-0.2, 0) is 16.5 Å². The minimum absolute atomic E-state index is 0.251. The zero-order valence-electron chi connectivity index (χ0n) is 11.0. The molecule has 1 aromatic rings. The molecule has 0 saturated heterocycles. The Morgan fingerprint density at radius 3 is 1.87 bits per heavy atom. The molecule has 126 valence electrons. The lowest BCUT2D eigenvalue weighted by Crippen LogP contribution is -2.57. The first-order valence-electron chi connectivity index (χ1n) is 5.97. The smallest absolute Gasteiger partial charge is 0.283 e. The van der Waals surface area contributed by atoms with Gasteiger partial charge in [0.1, 0.15) is 0 Å². The van der Waals surface area contributed by atoms with E-state index in [0.29, 0.717) is 0 Å². The van der Waals surface area contributed by atoms with E-state index in [9.17, 15) is 34.8 Å². The maximum Gasteiger partial charge on any atom is 0.328 e. The summed E-state index contributed by atoms with van der Waals surface area (Å²) in [7, 11) is -6.35. The molecule has 0 aliphatic heterocycles. The van der Waals surface area contributed by atoms with Crippen molar-refractivity contribution in [1.82, 2.24) is 0 Å². The molecule has 0 radical (unpaired) electrons. The van der Waals surface area contributed by atoms with E-state index in [0.717, 1.165) is 12.1 Å². The van der Waals surface area contributed by atoms with Gasteiger partial charge in [-0.05, 0) is 5.56 Å². The summed E-state index contributed by atoms with van der Waals surface area (Å²) in [6.45, 7) is 0. The molecular weight excluding hydrogens is 350 g/mol. The Balaban J connectivity index is 2.76. The molecule has 0 amide bonds. The maximum absolute atomic E-state index is 14.8. The van der Waals surface area contributed by atoms with Crippen LogP contribution in [-0.4, -0.2) is 23.6 Å². The number of halogens is 6. The monoisotopic (exact) mass is 358 g/mol. The summed E-state index contributed by atoms with van der Waals surface area (Å²) in [6, 6.07) is 6.15. The van der Waals surface area contributed by atoms with Crippen molar-refractivity contribution in [2.45, 2.75) is 17.1 Å². The van der Waals surface area contributed by atoms with Gasteiger partial charge >= 0.3 is 15.1 Å². The molecule has 1 aliphatic carbocycles. The molecule has 0 bridgehead atoms. The van der Waals surface area contributed by atoms with Gasteiger partial charge in [0.25, 0.3) is 0 Å². The van der Waals surface area contributed by atoms with E-state index in [-0.39, 0.29) is 5.56 Å². The first-order chi connectivity index (χ1) is 10.5. The van der Waals surface area contributed by atoms with Gasteiger partial charge in [-0.3, -0.25) is 4.55 Å². The van der Waals surface area contributed by atoms with Crippen LogP contribution in [0.4, 0.5) is 26.3 Å². The fourth-order valence-corrected chi connectivity index (χ4v) is 3.10. The Hall–Kier alpha value is -1.81. The lowest BCUT2D eigenvalue weighted by atomic mass is 9.85. The third-order valence-electron chi connectivity index (χ3n) is 3.36. The Labute approximate surface area is 126 Å². The Morgan fingerprint density at radius 1 is 0.913 bits per heavy atom. The van der Waals surface area contributed by atoms with Gasteiger partial charge in [-0.1, -0.05) is 30.3 Å². The molecule has 1 N–H and O–H groups in total. The molecular formula is C13H8F6O3S. The van der Waals surface area contributed by atoms with Crippen LogP contribution in [0, 0.1) is 0 Å². The topological polar surface area (TPSA) is 54.4 Å². The van der Waals surface area contributed by atoms with Crippen molar-refractivity contribution in [3.63, 3.8) is 0 Å². The van der Waals surface area contributed by atoms with Crippen LogP contribution < -0.4 is 0 Å². The van der Waals surface area contributed by atoms with Crippen molar-refractivity contribution in [2.75, 3.05) is 0 Å². The van der Waals surface area contributed by atoms with Crippen molar-refractivity contribution in [3.05, 3.63) is 59.2 Å². The van der Waals surface area contributed by atoms with E-state index < -0.39 is 50.5 Å². The molecule has 1 aromatic carbocycles. The highest BCUT2D eigenvalue weighted by Gasteiger charge is 2.72. The van der Waals surface area contributed by atoms with Gasteiger partial charge in [-0.25, -0.2) is 26.3 Å². The largest absolute Gasteiger partial charge is 0.328 e. The summed E-state index contributed by atoms with van der Waals surface area (Å²) in [6.07, 6.45) is -1.51. The predicted molar refractivity (Wildman–Crippen MR) is 67.9 cm³/mol. The summed E-state index contributed by atoms with van der Waals surface area (Å²) < 4.78 is 114. The average Bonchev–Trinajstić information content (AvgIpc) is 2.49. The molecule has 0 saturated carbocycles. The molecule has 1 aliphatic rings. The molecule has 2 unspecified atom stereocenters. The number of alkyl halides is 2. The predicted octanol–water partition coefficient (Wildman–Crippen LogP) is 3.81. The second kappa shape index (κ2) is 5.38. The first-order valence-corrected chi connectivity index (χ1v) is 7.41. The van der Waals surface area contributed by atoms with Crippen molar-refractivity contribution < 1.29 is 39.3 Å². The van der Waals surface area contributed by atoms with Crippen molar-refractivity contribution in [1.29, 1.82) is 0 Å². The van der Waals surface area contributed by atoms with Crippen LogP contribution in [0.2, 0.25) is 0 Å². The molecule has 0 aromatic heterocycles. The quantitative estimate of drug-likeness (QED) is 0.660. The van der Waals surface area contributed by atoms with E-state index in [1.165, 1.54) is 18.2 Å². The number of allylic oxidation sites excluding steroid dienone is 3. The standard InChI is InChI=1S/C13H8F6O3S/c14-8-9(15)11(17)13(19,23(20,21)22)12(18,10(8)16)6-7-4-2-1-3-5-7/h1-5H,6H2,(H,20,21,22). The van der Waals surface area contributed by atoms with E-state index in [2.05, 4.69) is 0 Å². The molecule has 23 heavy (non-hydrogen) atoms. The van der Waals surface area contributed by atoms with Gasteiger partial charge in [0, 0.05) is 6.42 Å². The molecule has 3 nitrogen and oxygen atoms in total. The number of hydrogen-bond donors (Lipinski definition) is 1. The Bertz CT molecular complexity index is 804. The van der Waals surface area contributed by atoms with E-state index in [1.807, 2.05) is 0 Å². The molecule has 2 rings (SSSR count). The summed E-state index contributed by atoms with van der Waals surface area (Å²) in [5.41, 5.74) is -4.79. The number of benzene rings is 1. The van der Waals surface area contributed by atoms with Gasteiger partial charge < -0.3 is 0 Å². The molecule has 0 spiro atoms. The number of hydrogen-bond acceptors (Lipinski definition) is 2. The Morgan fingerprint density at radius 2 is 1.39 bits per heavy atom. The van der Waals surface area contributed by atoms with Crippen molar-refractivity contribution in [3.8, 4) is 0 Å². The minimum Gasteiger partial charge on any atom is -0.283 e. The van der Waals surface area contributed by atoms with Crippen LogP contribution >= 0.6 is 0 Å². The number of rotatable bonds is 3. The summed E-state index contributed by atoms with van der Waals surface area (Å²) in [5, 5.41) is -5.17. The Kier molecular flexibility index (Phi) is 4.10.